The molecule has 0 saturated carbocycles. The molecule has 1 amide bonds. The Morgan fingerprint density at radius 2 is 1.85 bits per heavy atom. The summed E-state index contributed by atoms with van der Waals surface area (Å²) in [4.78, 5) is 16.5. The van der Waals surface area contributed by atoms with Crippen LogP contribution in [0.1, 0.15) is 18.1 Å². The van der Waals surface area contributed by atoms with Gasteiger partial charge in [-0.1, -0.05) is 18.2 Å². The second-order valence-corrected chi connectivity index (χ2v) is 7.11. The minimum Gasteiger partial charge on any atom is -0.494 e. The van der Waals surface area contributed by atoms with Crippen LogP contribution in [-0.4, -0.2) is 27.3 Å². The summed E-state index contributed by atoms with van der Waals surface area (Å²) in [5.41, 5.74) is 2.68. The van der Waals surface area contributed by atoms with E-state index in [2.05, 4.69) is 15.4 Å². The summed E-state index contributed by atoms with van der Waals surface area (Å²) < 4.78 is 13.0. The van der Waals surface area contributed by atoms with Crippen molar-refractivity contribution < 1.29 is 14.3 Å². The van der Waals surface area contributed by atoms with Gasteiger partial charge in [-0.05, 0) is 61.0 Å². The molecule has 2 aromatic heterocycles. The fourth-order valence-electron chi connectivity index (χ4n) is 3.07. The van der Waals surface area contributed by atoms with Crippen LogP contribution in [0.4, 0.5) is 0 Å². The number of hydrogen-bond acceptors (Lipinski definition) is 5. The summed E-state index contributed by atoms with van der Waals surface area (Å²) in [6.45, 7) is 2.91. The van der Waals surface area contributed by atoms with E-state index in [1.807, 2.05) is 73.8 Å². The Balaban J connectivity index is 1.30. The Morgan fingerprint density at radius 3 is 2.64 bits per heavy atom. The topological polar surface area (TPSA) is 78.3 Å². The van der Waals surface area contributed by atoms with Crippen LogP contribution in [0.15, 0.2) is 91.4 Å². The van der Waals surface area contributed by atoms with Crippen molar-refractivity contribution in [1.82, 2.24) is 20.1 Å². The first-order valence-electron chi connectivity index (χ1n) is 10.6. The van der Waals surface area contributed by atoms with Crippen LogP contribution in [0.5, 0.6) is 17.4 Å². The number of nitrogens with zero attached hydrogens (tertiary/aromatic N) is 3. The molecule has 0 aliphatic carbocycles. The minimum atomic E-state index is -0.201. The van der Waals surface area contributed by atoms with Gasteiger partial charge in [0.15, 0.2) is 0 Å². The lowest BCUT2D eigenvalue weighted by Crippen LogP contribution is -2.20. The van der Waals surface area contributed by atoms with Gasteiger partial charge in [0, 0.05) is 36.6 Å². The van der Waals surface area contributed by atoms with Crippen LogP contribution in [0.3, 0.4) is 0 Å². The van der Waals surface area contributed by atoms with Crippen LogP contribution >= 0.6 is 0 Å². The maximum absolute atomic E-state index is 12.2. The normalized spacial score (nSPS) is 10.8. The number of nitrogens with one attached hydrogen (secondary N) is 1. The van der Waals surface area contributed by atoms with E-state index in [-0.39, 0.29) is 5.91 Å². The third kappa shape index (κ3) is 6.30. The molecule has 0 bridgehead atoms. The third-order valence-electron chi connectivity index (χ3n) is 4.67. The predicted molar refractivity (Wildman–Crippen MR) is 126 cm³/mol. The lowest BCUT2D eigenvalue weighted by Gasteiger charge is -2.08. The van der Waals surface area contributed by atoms with E-state index in [0.717, 1.165) is 22.6 Å². The number of carbonyl (C=O) groups is 1. The van der Waals surface area contributed by atoms with E-state index in [1.54, 1.807) is 29.2 Å². The second kappa shape index (κ2) is 10.8. The second-order valence-electron chi connectivity index (χ2n) is 7.11. The van der Waals surface area contributed by atoms with Gasteiger partial charge in [-0.3, -0.25) is 4.79 Å². The highest BCUT2D eigenvalue weighted by atomic mass is 16.5. The molecule has 0 radical (unpaired) electrons. The summed E-state index contributed by atoms with van der Waals surface area (Å²) in [7, 11) is 0. The van der Waals surface area contributed by atoms with Crippen molar-refractivity contribution in [2.75, 3.05) is 6.61 Å². The fourth-order valence-corrected chi connectivity index (χ4v) is 3.07. The summed E-state index contributed by atoms with van der Waals surface area (Å²) in [5.74, 6) is 1.70. The van der Waals surface area contributed by atoms with Crippen LogP contribution in [0.2, 0.25) is 0 Å². The van der Waals surface area contributed by atoms with Crippen molar-refractivity contribution in [1.29, 1.82) is 0 Å². The SMILES string of the molecule is CCOc1ccc(Oc2cc(CNC(=O)/C=C/c3cnn(-c4ccccc4)c3)ccn2)cc1. The monoisotopic (exact) mass is 440 g/mol. The third-order valence-corrected chi connectivity index (χ3v) is 4.67. The summed E-state index contributed by atoms with van der Waals surface area (Å²) >= 11 is 0. The molecular weight excluding hydrogens is 416 g/mol. The van der Waals surface area contributed by atoms with E-state index in [0.29, 0.717) is 24.8 Å². The highest BCUT2D eigenvalue weighted by molar-refractivity contribution is 5.91. The van der Waals surface area contributed by atoms with Crippen molar-refractivity contribution in [2.45, 2.75) is 13.5 Å². The molecule has 0 aliphatic rings. The molecule has 7 heteroatoms. The van der Waals surface area contributed by atoms with Crippen molar-refractivity contribution in [3.8, 4) is 23.1 Å². The summed E-state index contributed by atoms with van der Waals surface area (Å²) in [6, 6.07) is 20.8. The Hall–Kier alpha value is -4.39. The zero-order valence-electron chi connectivity index (χ0n) is 18.2. The molecule has 2 aromatic carbocycles. The summed E-state index contributed by atoms with van der Waals surface area (Å²) in [6.07, 6.45) is 8.45. The van der Waals surface area contributed by atoms with E-state index in [4.69, 9.17) is 9.47 Å². The zero-order chi connectivity index (χ0) is 22.9. The average molecular weight is 441 g/mol. The van der Waals surface area contributed by atoms with Gasteiger partial charge in [0.05, 0.1) is 18.5 Å². The van der Waals surface area contributed by atoms with Crippen molar-refractivity contribution in [2.24, 2.45) is 0 Å². The molecule has 2 heterocycles. The van der Waals surface area contributed by atoms with E-state index < -0.39 is 0 Å². The lowest BCUT2D eigenvalue weighted by atomic mass is 10.2. The van der Waals surface area contributed by atoms with Crippen LogP contribution in [-0.2, 0) is 11.3 Å². The largest absolute Gasteiger partial charge is 0.494 e. The van der Waals surface area contributed by atoms with Gasteiger partial charge in [0.1, 0.15) is 11.5 Å². The Kier molecular flexibility index (Phi) is 7.12. The van der Waals surface area contributed by atoms with E-state index >= 15 is 0 Å². The number of para-hydroxylation sites is 1. The number of benzene rings is 2. The molecule has 166 valence electrons. The minimum absolute atomic E-state index is 0.201. The van der Waals surface area contributed by atoms with Gasteiger partial charge in [-0.2, -0.15) is 5.10 Å². The van der Waals surface area contributed by atoms with Crippen LogP contribution in [0.25, 0.3) is 11.8 Å². The smallest absolute Gasteiger partial charge is 0.244 e. The molecular formula is C26H24N4O3. The molecule has 0 atom stereocenters. The Labute approximate surface area is 192 Å². The number of hydrogen-bond donors (Lipinski definition) is 1. The number of pyridine rings is 1. The van der Waals surface area contributed by atoms with Gasteiger partial charge >= 0.3 is 0 Å². The molecule has 4 aromatic rings. The van der Waals surface area contributed by atoms with Gasteiger partial charge in [0.25, 0.3) is 0 Å². The van der Waals surface area contributed by atoms with E-state index in [1.165, 1.54) is 6.08 Å². The number of carbonyl (C=O) groups excluding carboxylic acids is 1. The first kappa shape index (κ1) is 21.8. The predicted octanol–water partition coefficient (Wildman–Crippen LogP) is 4.79. The van der Waals surface area contributed by atoms with Gasteiger partial charge in [-0.25, -0.2) is 9.67 Å². The van der Waals surface area contributed by atoms with E-state index in [9.17, 15) is 4.79 Å². The first-order valence-corrected chi connectivity index (χ1v) is 10.6. The molecule has 0 fully saturated rings. The zero-order valence-corrected chi connectivity index (χ0v) is 18.2. The molecule has 1 N–H and O–H groups in total. The van der Waals surface area contributed by atoms with Crippen LogP contribution < -0.4 is 14.8 Å². The lowest BCUT2D eigenvalue weighted by molar-refractivity contribution is -0.116. The van der Waals surface area contributed by atoms with Gasteiger partial charge < -0.3 is 14.8 Å². The van der Waals surface area contributed by atoms with Crippen molar-refractivity contribution >= 4 is 12.0 Å². The molecule has 0 saturated heterocycles. The number of ether oxygens (including phenoxy) is 2. The Bertz CT molecular complexity index is 1220. The fraction of sp³-hybridized carbons (Fsp3) is 0.115. The Morgan fingerprint density at radius 1 is 1.06 bits per heavy atom. The van der Waals surface area contributed by atoms with Gasteiger partial charge in [-0.15, -0.1) is 0 Å². The number of rotatable bonds is 9. The standard InChI is InChI=1S/C26H24N4O3/c1-2-32-23-9-11-24(12-10-23)33-26-16-20(14-15-27-26)17-28-25(31)13-8-21-18-29-30(19-21)22-6-4-3-5-7-22/h3-16,18-19H,2,17H2,1H3,(H,28,31)/b13-8+. The maximum Gasteiger partial charge on any atom is 0.244 e. The average Bonchev–Trinajstić information content (AvgIpc) is 3.33. The number of amides is 1. The van der Waals surface area contributed by atoms with Crippen molar-refractivity contribution in [3.05, 3.63) is 103 Å². The molecule has 33 heavy (non-hydrogen) atoms. The number of aromatic nitrogens is 3. The molecule has 0 spiro atoms. The molecule has 0 aliphatic heterocycles. The van der Waals surface area contributed by atoms with Gasteiger partial charge in [0.2, 0.25) is 11.8 Å². The molecule has 7 nitrogen and oxygen atoms in total. The van der Waals surface area contributed by atoms with Crippen molar-refractivity contribution in [3.63, 3.8) is 0 Å². The first-order chi connectivity index (χ1) is 16.2. The molecule has 4 rings (SSSR count). The molecule has 0 unspecified atom stereocenters. The quantitative estimate of drug-likeness (QED) is 0.379. The summed E-state index contributed by atoms with van der Waals surface area (Å²) in [5, 5.41) is 7.19. The highest BCUT2D eigenvalue weighted by Gasteiger charge is 2.04. The van der Waals surface area contributed by atoms with Crippen LogP contribution in [0, 0.1) is 0 Å². The maximum atomic E-state index is 12.2. The highest BCUT2D eigenvalue weighted by Crippen LogP contribution is 2.23.